The summed E-state index contributed by atoms with van der Waals surface area (Å²) in [5, 5.41) is 13.2. The van der Waals surface area contributed by atoms with Crippen LogP contribution in [0.4, 0.5) is 11.4 Å². The predicted molar refractivity (Wildman–Crippen MR) is 113 cm³/mol. The highest BCUT2D eigenvalue weighted by atomic mass is 35.5. The molecule has 2 amide bonds. The lowest BCUT2D eigenvalue weighted by Gasteiger charge is -2.28. The van der Waals surface area contributed by atoms with Crippen molar-refractivity contribution < 1.29 is 14.7 Å². The van der Waals surface area contributed by atoms with Crippen molar-refractivity contribution in [2.75, 3.05) is 36.9 Å². The van der Waals surface area contributed by atoms with Gasteiger partial charge in [0.25, 0.3) is 0 Å². The van der Waals surface area contributed by atoms with E-state index in [1.54, 1.807) is 31.3 Å². The maximum absolute atomic E-state index is 12.6. The number of hydrogen-bond donors (Lipinski definition) is 2. The molecule has 28 heavy (non-hydrogen) atoms. The Morgan fingerprint density at radius 2 is 1.71 bits per heavy atom. The quantitative estimate of drug-likeness (QED) is 0.675. The van der Waals surface area contributed by atoms with Crippen LogP contribution in [0.2, 0.25) is 5.02 Å². The van der Waals surface area contributed by atoms with Crippen molar-refractivity contribution in [3.05, 3.63) is 59.6 Å². The van der Waals surface area contributed by atoms with Crippen LogP contribution in [0.25, 0.3) is 0 Å². The van der Waals surface area contributed by atoms with Gasteiger partial charge in [0.15, 0.2) is 0 Å². The number of nitrogens with one attached hydrogen (secondary N) is 1. The highest BCUT2D eigenvalue weighted by Crippen LogP contribution is 2.20. The first kappa shape index (κ1) is 21.7. The Balaban J connectivity index is 1.98. The van der Waals surface area contributed by atoms with Crippen molar-refractivity contribution in [1.82, 2.24) is 4.90 Å². The van der Waals surface area contributed by atoms with Crippen molar-refractivity contribution >= 4 is 34.8 Å². The number of hydrogen-bond acceptors (Lipinski definition) is 4. The molecule has 0 fully saturated rings. The first-order chi connectivity index (χ1) is 13.4. The van der Waals surface area contributed by atoms with E-state index in [9.17, 15) is 14.7 Å². The second-order valence-corrected chi connectivity index (χ2v) is 6.96. The van der Waals surface area contributed by atoms with Crippen molar-refractivity contribution in [3.8, 4) is 0 Å². The van der Waals surface area contributed by atoms with Crippen LogP contribution in [0.5, 0.6) is 0 Å². The van der Waals surface area contributed by atoms with Crippen LogP contribution >= 0.6 is 11.6 Å². The smallest absolute Gasteiger partial charge is 0.244 e. The van der Waals surface area contributed by atoms with Crippen LogP contribution in [0.1, 0.15) is 13.3 Å². The monoisotopic (exact) mass is 403 g/mol. The third-order valence-electron chi connectivity index (χ3n) is 4.30. The number of carbonyl (C=O) groups excluding carboxylic acids is 2. The predicted octanol–water partition coefficient (Wildman–Crippen LogP) is 3.01. The molecule has 1 unspecified atom stereocenters. The zero-order chi connectivity index (χ0) is 20.5. The summed E-state index contributed by atoms with van der Waals surface area (Å²) in [6.45, 7) is 2.20. The van der Waals surface area contributed by atoms with E-state index in [-0.39, 0.29) is 24.9 Å². The van der Waals surface area contributed by atoms with Gasteiger partial charge in [-0.05, 0) is 30.7 Å². The molecule has 2 rings (SSSR count). The fourth-order valence-corrected chi connectivity index (χ4v) is 2.81. The molecular weight excluding hydrogens is 378 g/mol. The van der Waals surface area contributed by atoms with Gasteiger partial charge in [-0.2, -0.15) is 0 Å². The third kappa shape index (κ3) is 6.55. The molecule has 0 aliphatic carbocycles. The highest BCUT2D eigenvalue weighted by Gasteiger charge is 2.19. The number of para-hydroxylation sites is 2. The summed E-state index contributed by atoms with van der Waals surface area (Å²) in [6, 6.07) is 16.4. The summed E-state index contributed by atoms with van der Waals surface area (Å²) in [4.78, 5) is 28.1. The van der Waals surface area contributed by atoms with Crippen LogP contribution < -0.4 is 10.2 Å². The molecule has 0 bridgehead atoms. The van der Waals surface area contributed by atoms with E-state index in [1.165, 1.54) is 4.90 Å². The Bertz CT molecular complexity index is 785. The number of amides is 2. The summed E-state index contributed by atoms with van der Waals surface area (Å²) in [5.74, 6) is -0.551. The fraction of sp³-hybridized carbons (Fsp3) is 0.333. The van der Waals surface area contributed by atoms with E-state index in [0.29, 0.717) is 23.7 Å². The summed E-state index contributed by atoms with van der Waals surface area (Å²) in [6.07, 6.45) is 0.0509. The molecule has 0 radical (unpaired) electrons. The zero-order valence-corrected chi connectivity index (χ0v) is 16.9. The van der Waals surface area contributed by atoms with E-state index in [1.807, 2.05) is 42.2 Å². The lowest BCUT2D eigenvalue weighted by atomic mass is 10.2. The third-order valence-corrected chi connectivity index (χ3v) is 4.63. The van der Waals surface area contributed by atoms with Gasteiger partial charge in [-0.25, -0.2) is 0 Å². The molecule has 0 aliphatic heterocycles. The van der Waals surface area contributed by atoms with Crippen LogP contribution in [0.15, 0.2) is 54.6 Å². The molecule has 6 nitrogen and oxygen atoms in total. The molecule has 2 aromatic rings. The van der Waals surface area contributed by atoms with Crippen molar-refractivity contribution in [2.45, 2.75) is 19.4 Å². The number of anilines is 2. The molecular formula is C21H26ClN3O3. The molecule has 0 heterocycles. The zero-order valence-electron chi connectivity index (χ0n) is 16.1. The molecule has 0 spiro atoms. The van der Waals surface area contributed by atoms with Gasteiger partial charge < -0.3 is 20.2 Å². The number of rotatable bonds is 9. The number of nitrogens with zero attached hydrogens (tertiary/aromatic N) is 2. The standard InChI is InChI=1S/C21H26ClN3O3/c1-3-17(26)13-25(16-9-5-4-6-10-16)15-21(28)24(2)14-20(27)23-19-12-8-7-11-18(19)22/h4-12,17,26H,3,13-15H2,1-2H3,(H,23,27). The Hall–Kier alpha value is -2.57. The number of aliphatic hydroxyl groups is 1. The average Bonchev–Trinajstić information content (AvgIpc) is 2.69. The van der Waals surface area contributed by atoms with E-state index in [0.717, 1.165) is 5.69 Å². The molecule has 0 saturated carbocycles. The van der Waals surface area contributed by atoms with Gasteiger partial charge in [0.2, 0.25) is 11.8 Å². The normalized spacial score (nSPS) is 11.6. The summed E-state index contributed by atoms with van der Waals surface area (Å²) in [7, 11) is 1.58. The molecule has 150 valence electrons. The maximum atomic E-state index is 12.6. The van der Waals surface area contributed by atoms with Crippen LogP contribution in [0.3, 0.4) is 0 Å². The number of benzene rings is 2. The van der Waals surface area contributed by atoms with E-state index >= 15 is 0 Å². The van der Waals surface area contributed by atoms with Gasteiger partial charge >= 0.3 is 0 Å². The fourth-order valence-electron chi connectivity index (χ4n) is 2.62. The first-order valence-corrected chi connectivity index (χ1v) is 9.55. The van der Waals surface area contributed by atoms with Crippen LogP contribution in [0, 0.1) is 0 Å². The molecule has 0 aliphatic rings. The van der Waals surface area contributed by atoms with Gasteiger partial charge in [-0.3, -0.25) is 9.59 Å². The number of carbonyl (C=O) groups is 2. The lowest BCUT2D eigenvalue weighted by molar-refractivity contribution is -0.132. The molecule has 2 N–H and O–H groups in total. The molecule has 1 atom stereocenters. The minimum atomic E-state index is -0.540. The Kier molecular flexibility index (Phi) is 8.29. The second kappa shape index (κ2) is 10.7. The minimum Gasteiger partial charge on any atom is -0.391 e. The van der Waals surface area contributed by atoms with Crippen molar-refractivity contribution in [1.29, 1.82) is 0 Å². The average molecular weight is 404 g/mol. The SMILES string of the molecule is CCC(O)CN(CC(=O)N(C)CC(=O)Nc1ccccc1Cl)c1ccccc1. The van der Waals surface area contributed by atoms with Crippen LogP contribution in [-0.2, 0) is 9.59 Å². The molecule has 0 aromatic heterocycles. The minimum absolute atomic E-state index is 0.0664. The van der Waals surface area contributed by atoms with E-state index < -0.39 is 6.10 Å². The van der Waals surface area contributed by atoms with Crippen molar-refractivity contribution in [3.63, 3.8) is 0 Å². The van der Waals surface area contributed by atoms with Crippen LogP contribution in [-0.4, -0.2) is 54.6 Å². The Morgan fingerprint density at radius 3 is 2.36 bits per heavy atom. The summed E-state index contributed by atoms with van der Waals surface area (Å²) >= 11 is 6.04. The topological polar surface area (TPSA) is 72.9 Å². The summed E-state index contributed by atoms with van der Waals surface area (Å²) < 4.78 is 0. The number of halogens is 1. The first-order valence-electron chi connectivity index (χ1n) is 9.17. The maximum Gasteiger partial charge on any atom is 0.244 e. The van der Waals surface area contributed by atoms with Crippen molar-refractivity contribution in [2.24, 2.45) is 0 Å². The second-order valence-electron chi connectivity index (χ2n) is 6.56. The number of aliphatic hydroxyl groups excluding tert-OH is 1. The number of likely N-dealkylation sites (N-methyl/N-ethyl adjacent to an activating group) is 1. The van der Waals surface area contributed by atoms with E-state index in [4.69, 9.17) is 11.6 Å². The molecule has 0 saturated heterocycles. The van der Waals surface area contributed by atoms with Gasteiger partial charge in [0, 0.05) is 19.3 Å². The van der Waals surface area contributed by atoms with Gasteiger partial charge in [0.1, 0.15) is 0 Å². The highest BCUT2D eigenvalue weighted by molar-refractivity contribution is 6.33. The largest absolute Gasteiger partial charge is 0.391 e. The van der Waals surface area contributed by atoms with Gasteiger partial charge in [0.05, 0.1) is 29.9 Å². The van der Waals surface area contributed by atoms with E-state index in [2.05, 4.69) is 5.32 Å². The summed E-state index contributed by atoms with van der Waals surface area (Å²) in [5.41, 5.74) is 1.35. The lowest BCUT2D eigenvalue weighted by Crippen LogP contribution is -2.44. The molecule has 7 heteroatoms. The molecule has 2 aromatic carbocycles. The van der Waals surface area contributed by atoms with Gasteiger partial charge in [-0.1, -0.05) is 48.9 Å². The Labute approximate surface area is 170 Å². The Morgan fingerprint density at radius 1 is 1.07 bits per heavy atom. The van der Waals surface area contributed by atoms with Gasteiger partial charge in [-0.15, -0.1) is 0 Å².